The van der Waals surface area contributed by atoms with Crippen molar-refractivity contribution in [2.75, 3.05) is 19.7 Å². The van der Waals surface area contributed by atoms with Crippen molar-refractivity contribution in [1.29, 1.82) is 0 Å². The Morgan fingerprint density at radius 2 is 2.05 bits per heavy atom. The Morgan fingerprint density at radius 3 is 2.81 bits per heavy atom. The Bertz CT molecular complexity index is 554. The molecule has 0 atom stereocenters. The summed E-state index contributed by atoms with van der Waals surface area (Å²) in [5.41, 5.74) is 2.74. The first-order valence-electron chi connectivity index (χ1n) is 7.71. The Kier molecular flexibility index (Phi) is 3.71. The second-order valence-corrected chi connectivity index (χ2v) is 7.99. The fraction of sp³-hybridized carbons (Fsp3) is 0.647. The first-order valence-corrected chi connectivity index (χ1v) is 8.09. The molecule has 0 radical (unpaired) electrons. The minimum absolute atomic E-state index is 0.128. The fourth-order valence-corrected chi connectivity index (χ4v) is 3.52. The predicted molar refractivity (Wildman–Crippen MR) is 87.2 cm³/mol. The van der Waals surface area contributed by atoms with Crippen molar-refractivity contribution in [1.82, 2.24) is 10.2 Å². The van der Waals surface area contributed by atoms with E-state index in [-0.39, 0.29) is 11.1 Å². The standard InChI is InChI=1S/C17H25ClN2O/c1-16(2)11-20(17(3,4)10-19-16)9-13-8-14(18)7-12-5-6-21-15(12)13/h7-8,19H,5-6,9-11H2,1-4H3. The molecule has 2 aliphatic rings. The molecule has 0 spiro atoms. The molecule has 0 bridgehead atoms. The van der Waals surface area contributed by atoms with Crippen LogP contribution in [0.3, 0.4) is 0 Å². The number of hydrogen-bond donors (Lipinski definition) is 1. The van der Waals surface area contributed by atoms with Gasteiger partial charge in [-0.2, -0.15) is 0 Å². The third-order valence-corrected chi connectivity index (χ3v) is 4.85. The molecular weight excluding hydrogens is 284 g/mol. The summed E-state index contributed by atoms with van der Waals surface area (Å²) in [6, 6.07) is 4.11. The molecule has 0 aromatic heterocycles. The number of halogens is 1. The highest BCUT2D eigenvalue weighted by atomic mass is 35.5. The van der Waals surface area contributed by atoms with Gasteiger partial charge in [0.25, 0.3) is 0 Å². The van der Waals surface area contributed by atoms with Crippen molar-refractivity contribution < 1.29 is 4.74 Å². The van der Waals surface area contributed by atoms with Crippen LogP contribution in [0.4, 0.5) is 0 Å². The average molecular weight is 309 g/mol. The number of benzene rings is 1. The van der Waals surface area contributed by atoms with Crippen LogP contribution in [0.15, 0.2) is 12.1 Å². The van der Waals surface area contributed by atoms with Crippen LogP contribution in [0.5, 0.6) is 5.75 Å². The van der Waals surface area contributed by atoms with Gasteiger partial charge in [0.2, 0.25) is 0 Å². The molecule has 1 N–H and O–H groups in total. The first-order chi connectivity index (χ1) is 9.77. The molecule has 21 heavy (non-hydrogen) atoms. The van der Waals surface area contributed by atoms with Gasteiger partial charge in [-0.25, -0.2) is 0 Å². The average Bonchev–Trinajstić information content (AvgIpc) is 2.82. The quantitative estimate of drug-likeness (QED) is 0.908. The van der Waals surface area contributed by atoms with Crippen LogP contribution in [-0.2, 0) is 13.0 Å². The predicted octanol–water partition coefficient (Wildman–Crippen LogP) is 3.24. The highest BCUT2D eigenvalue weighted by Gasteiger charge is 2.38. The number of fused-ring (bicyclic) bond motifs is 1. The smallest absolute Gasteiger partial charge is 0.127 e. The molecule has 2 aliphatic heterocycles. The first kappa shape index (κ1) is 15.1. The van der Waals surface area contributed by atoms with Gasteiger partial charge >= 0.3 is 0 Å². The molecule has 1 saturated heterocycles. The Balaban J connectivity index is 1.89. The summed E-state index contributed by atoms with van der Waals surface area (Å²) in [5.74, 6) is 1.06. The third-order valence-electron chi connectivity index (χ3n) is 4.63. The van der Waals surface area contributed by atoms with Crippen LogP contribution < -0.4 is 10.1 Å². The maximum absolute atomic E-state index is 6.29. The van der Waals surface area contributed by atoms with Gasteiger partial charge < -0.3 is 10.1 Å². The van der Waals surface area contributed by atoms with Gasteiger partial charge in [0.15, 0.2) is 0 Å². The SMILES string of the molecule is CC1(C)CN(Cc2cc(Cl)cc3c2OCC3)C(C)(C)CN1. The number of ether oxygens (including phenoxy) is 1. The van der Waals surface area contributed by atoms with Gasteiger partial charge in [-0.1, -0.05) is 11.6 Å². The molecular formula is C17H25ClN2O. The minimum Gasteiger partial charge on any atom is -0.493 e. The topological polar surface area (TPSA) is 24.5 Å². The molecule has 2 heterocycles. The molecule has 3 nitrogen and oxygen atoms in total. The van der Waals surface area contributed by atoms with Crippen LogP contribution in [0.1, 0.15) is 38.8 Å². The van der Waals surface area contributed by atoms with E-state index in [4.69, 9.17) is 16.3 Å². The fourth-order valence-electron chi connectivity index (χ4n) is 3.25. The Morgan fingerprint density at radius 1 is 1.29 bits per heavy atom. The molecule has 0 unspecified atom stereocenters. The van der Waals surface area contributed by atoms with Gasteiger partial charge in [0.1, 0.15) is 5.75 Å². The maximum Gasteiger partial charge on any atom is 0.127 e. The van der Waals surface area contributed by atoms with Crippen molar-refractivity contribution in [2.24, 2.45) is 0 Å². The molecule has 1 aromatic rings. The lowest BCUT2D eigenvalue weighted by atomic mass is 9.90. The molecule has 1 fully saturated rings. The molecule has 1 aromatic carbocycles. The summed E-state index contributed by atoms with van der Waals surface area (Å²) in [5, 5.41) is 4.45. The van der Waals surface area contributed by atoms with E-state index in [9.17, 15) is 0 Å². The number of rotatable bonds is 2. The minimum atomic E-state index is 0.128. The van der Waals surface area contributed by atoms with Crippen molar-refractivity contribution in [3.63, 3.8) is 0 Å². The van der Waals surface area contributed by atoms with E-state index in [1.165, 1.54) is 11.1 Å². The summed E-state index contributed by atoms with van der Waals surface area (Å²) in [6.45, 7) is 12.8. The third kappa shape index (κ3) is 3.05. The van der Waals surface area contributed by atoms with E-state index in [0.29, 0.717) is 0 Å². The molecule has 4 heteroatoms. The van der Waals surface area contributed by atoms with Gasteiger partial charge in [-0.15, -0.1) is 0 Å². The van der Waals surface area contributed by atoms with Crippen molar-refractivity contribution in [3.8, 4) is 5.75 Å². The molecule has 0 amide bonds. The largest absolute Gasteiger partial charge is 0.493 e. The molecule has 116 valence electrons. The van der Waals surface area contributed by atoms with Crippen molar-refractivity contribution in [3.05, 3.63) is 28.3 Å². The summed E-state index contributed by atoms with van der Waals surface area (Å²) in [4.78, 5) is 2.54. The van der Waals surface area contributed by atoms with Gasteiger partial charge in [0, 0.05) is 47.7 Å². The number of hydrogen-bond acceptors (Lipinski definition) is 3. The number of nitrogens with one attached hydrogen (secondary N) is 1. The van der Waals surface area contributed by atoms with Gasteiger partial charge in [0.05, 0.1) is 6.61 Å². The number of piperazine rings is 1. The second kappa shape index (κ2) is 5.15. The summed E-state index contributed by atoms with van der Waals surface area (Å²) in [6.07, 6.45) is 0.972. The normalized spacial score (nSPS) is 23.7. The summed E-state index contributed by atoms with van der Waals surface area (Å²) < 4.78 is 5.85. The van der Waals surface area contributed by atoms with Crippen LogP contribution >= 0.6 is 11.6 Å². The van der Waals surface area contributed by atoms with E-state index >= 15 is 0 Å². The van der Waals surface area contributed by atoms with Crippen molar-refractivity contribution >= 4 is 11.6 Å². The zero-order valence-electron chi connectivity index (χ0n) is 13.4. The van der Waals surface area contributed by atoms with E-state index in [2.05, 4.69) is 44.0 Å². The van der Waals surface area contributed by atoms with E-state index in [1.54, 1.807) is 0 Å². The van der Waals surface area contributed by atoms with E-state index in [1.807, 2.05) is 6.07 Å². The lowest BCUT2D eigenvalue weighted by Gasteiger charge is -2.49. The zero-order valence-corrected chi connectivity index (χ0v) is 14.2. The zero-order chi connectivity index (χ0) is 15.3. The number of nitrogens with zero attached hydrogens (tertiary/aromatic N) is 1. The Labute approximate surface area is 132 Å². The summed E-state index contributed by atoms with van der Waals surface area (Å²) >= 11 is 6.29. The summed E-state index contributed by atoms with van der Waals surface area (Å²) in [7, 11) is 0. The highest BCUT2D eigenvalue weighted by molar-refractivity contribution is 6.30. The molecule has 3 rings (SSSR count). The van der Waals surface area contributed by atoms with Crippen LogP contribution in [0.25, 0.3) is 0 Å². The van der Waals surface area contributed by atoms with Crippen molar-refractivity contribution in [2.45, 2.75) is 51.7 Å². The molecule has 0 aliphatic carbocycles. The van der Waals surface area contributed by atoms with E-state index < -0.39 is 0 Å². The lowest BCUT2D eigenvalue weighted by Crippen LogP contribution is -2.65. The Hall–Kier alpha value is -0.770. The maximum atomic E-state index is 6.29. The van der Waals surface area contributed by atoms with Crippen LogP contribution in [-0.4, -0.2) is 35.7 Å². The van der Waals surface area contributed by atoms with E-state index in [0.717, 1.165) is 43.4 Å². The highest BCUT2D eigenvalue weighted by Crippen LogP contribution is 2.35. The van der Waals surface area contributed by atoms with Crippen LogP contribution in [0.2, 0.25) is 5.02 Å². The second-order valence-electron chi connectivity index (χ2n) is 7.56. The van der Waals surface area contributed by atoms with Gasteiger partial charge in [-0.05, 0) is 45.4 Å². The molecule has 0 saturated carbocycles. The van der Waals surface area contributed by atoms with Crippen LogP contribution in [0, 0.1) is 0 Å². The lowest BCUT2D eigenvalue weighted by molar-refractivity contribution is 0.0318. The monoisotopic (exact) mass is 308 g/mol. The van der Waals surface area contributed by atoms with Gasteiger partial charge in [-0.3, -0.25) is 4.90 Å².